The summed E-state index contributed by atoms with van der Waals surface area (Å²) in [4.78, 5) is 5.78. The normalized spacial score (nSPS) is 11.8. The van der Waals surface area contributed by atoms with Crippen LogP contribution in [0.5, 0.6) is 0 Å². The SMILES string of the molecule is CN(c1cc(N)c2ncn(C)c2c1)c1ccc(S(C)(=O)=O)cc1F. The van der Waals surface area contributed by atoms with Crippen molar-refractivity contribution in [3.63, 3.8) is 0 Å². The maximum absolute atomic E-state index is 14.4. The summed E-state index contributed by atoms with van der Waals surface area (Å²) < 4.78 is 39.3. The number of nitrogens with two attached hydrogens (primary N) is 1. The molecular formula is C16H17FN4O2S. The lowest BCUT2D eigenvalue weighted by atomic mass is 10.2. The van der Waals surface area contributed by atoms with Crippen LogP contribution in [0, 0.1) is 5.82 Å². The van der Waals surface area contributed by atoms with E-state index in [2.05, 4.69) is 4.98 Å². The number of sulfone groups is 1. The van der Waals surface area contributed by atoms with Gasteiger partial charge in [0.05, 0.1) is 28.1 Å². The first-order chi connectivity index (χ1) is 11.2. The van der Waals surface area contributed by atoms with E-state index in [1.165, 1.54) is 12.1 Å². The molecule has 0 bridgehead atoms. The number of benzene rings is 2. The van der Waals surface area contributed by atoms with E-state index in [0.29, 0.717) is 16.9 Å². The maximum Gasteiger partial charge on any atom is 0.175 e. The van der Waals surface area contributed by atoms with Gasteiger partial charge in [0.2, 0.25) is 0 Å². The highest BCUT2D eigenvalue weighted by atomic mass is 32.2. The smallest absolute Gasteiger partial charge is 0.175 e. The van der Waals surface area contributed by atoms with Crippen LogP contribution in [0.4, 0.5) is 21.5 Å². The molecule has 0 unspecified atom stereocenters. The van der Waals surface area contributed by atoms with Gasteiger partial charge in [-0.2, -0.15) is 0 Å². The van der Waals surface area contributed by atoms with Crippen molar-refractivity contribution in [2.24, 2.45) is 7.05 Å². The number of imidazole rings is 1. The van der Waals surface area contributed by atoms with Crippen molar-refractivity contribution in [2.75, 3.05) is 23.9 Å². The molecule has 8 heteroatoms. The lowest BCUT2D eigenvalue weighted by molar-refractivity contribution is 0.596. The molecule has 0 aliphatic rings. The molecule has 0 saturated carbocycles. The van der Waals surface area contributed by atoms with Crippen molar-refractivity contribution < 1.29 is 12.8 Å². The van der Waals surface area contributed by atoms with Gasteiger partial charge in [-0.3, -0.25) is 0 Å². The summed E-state index contributed by atoms with van der Waals surface area (Å²) >= 11 is 0. The number of hydrogen-bond donors (Lipinski definition) is 1. The molecule has 0 spiro atoms. The summed E-state index contributed by atoms with van der Waals surface area (Å²) in [5, 5.41) is 0. The van der Waals surface area contributed by atoms with Gasteiger partial charge < -0.3 is 15.2 Å². The standard InChI is InChI=1S/C16H17FN4O2S/c1-20-9-19-16-13(18)6-10(7-15(16)20)21(2)14-5-4-11(8-12(14)17)24(3,22)23/h4-9H,18H2,1-3H3. The minimum absolute atomic E-state index is 0.0567. The zero-order valence-electron chi connectivity index (χ0n) is 13.5. The number of aromatic nitrogens is 2. The van der Waals surface area contributed by atoms with Crippen LogP contribution in [0.1, 0.15) is 0 Å². The van der Waals surface area contributed by atoms with Gasteiger partial charge in [-0.1, -0.05) is 0 Å². The summed E-state index contributed by atoms with van der Waals surface area (Å²) in [5.74, 6) is -0.621. The van der Waals surface area contributed by atoms with Crippen LogP contribution in [0.2, 0.25) is 0 Å². The van der Waals surface area contributed by atoms with Gasteiger partial charge in [0.1, 0.15) is 11.3 Å². The third-order valence-electron chi connectivity index (χ3n) is 3.94. The van der Waals surface area contributed by atoms with E-state index in [-0.39, 0.29) is 10.6 Å². The number of aryl methyl sites for hydroxylation is 1. The molecule has 1 aromatic heterocycles. The number of halogens is 1. The molecule has 2 N–H and O–H groups in total. The molecular weight excluding hydrogens is 331 g/mol. The Bertz CT molecular complexity index is 1040. The van der Waals surface area contributed by atoms with Gasteiger partial charge in [0.15, 0.2) is 9.84 Å². The van der Waals surface area contributed by atoms with Gasteiger partial charge in [-0.15, -0.1) is 0 Å². The Labute approximate surface area is 139 Å². The van der Waals surface area contributed by atoms with Crippen LogP contribution in [0.3, 0.4) is 0 Å². The lowest BCUT2D eigenvalue weighted by Crippen LogP contribution is -2.12. The highest BCUT2D eigenvalue weighted by molar-refractivity contribution is 7.90. The van der Waals surface area contributed by atoms with Crippen molar-refractivity contribution in [1.29, 1.82) is 0 Å². The van der Waals surface area contributed by atoms with E-state index in [9.17, 15) is 12.8 Å². The molecule has 0 radical (unpaired) electrons. The van der Waals surface area contributed by atoms with Crippen LogP contribution in [-0.4, -0.2) is 31.3 Å². The fourth-order valence-electron chi connectivity index (χ4n) is 2.56. The number of rotatable bonds is 3. The monoisotopic (exact) mass is 348 g/mol. The Morgan fingerprint density at radius 2 is 1.96 bits per heavy atom. The van der Waals surface area contributed by atoms with Crippen molar-refractivity contribution in [3.8, 4) is 0 Å². The predicted octanol–water partition coefficient (Wildman–Crippen LogP) is 2.47. The van der Waals surface area contributed by atoms with E-state index in [1.54, 1.807) is 24.3 Å². The maximum atomic E-state index is 14.4. The molecule has 0 aliphatic heterocycles. The van der Waals surface area contributed by atoms with E-state index < -0.39 is 15.7 Å². The van der Waals surface area contributed by atoms with Gasteiger partial charge in [-0.25, -0.2) is 17.8 Å². The molecule has 0 saturated heterocycles. The Morgan fingerprint density at radius 3 is 2.58 bits per heavy atom. The van der Waals surface area contributed by atoms with E-state index >= 15 is 0 Å². The van der Waals surface area contributed by atoms with E-state index in [0.717, 1.165) is 17.8 Å². The second-order valence-corrected chi connectivity index (χ2v) is 7.72. The van der Waals surface area contributed by atoms with Crippen molar-refractivity contribution in [1.82, 2.24) is 9.55 Å². The van der Waals surface area contributed by atoms with Crippen LogP contribution in [0.25, 0.3) is 11.0 Å². The molecule has 0 atom stereocenters. The summed E-state index contributed by atoms with van der Waals surface area (Å²) in [5.41, 5.74) is 8.95. The average molecular weight is 348 g/mol. The lowest BCUT2D eigenvalue weighted by Gasteiger charge is -2.21. The molecule has 0 fully saturated rings. The van der Waals surface area contributed by atoms with Crippen molar-refractivity contribution >= 4 is 37.9 Å². The minimum atomic E-state index is -3.46. The Hall–Kier alpha value is -2.61. The Morgan fingerprint density at radius 1 is 1.25 bits per heavy atom. The van der Waals surface area contributed by atoms with E-state index in [1.807, 2.05) is 17.7 Å². The molecule has 0 amide bonds. The van der Waals surface area contributed by atoms with Crippen LogP contribution < -0.4 is 10.6 Å². The van der Waals surface area contributed by atoms with Crippen LogP contribution >= 0.6 is 0 Å². The second kappa shape index (κ2) is 5.48. The number of nitrogen functional groups attached to an aromatic ring is 1. The molecule has 2 aromatic carbocycles. The zero-order chi connectivity index (χ0) is 17.6. The Balaban J connectivity index is 2.09. The van der Waals surface area contributed by atoms with Crippen LogP contribution in [-0.2, 0) is 16.9 Å². The first-order valence-corrected chi connectivity index (χ1v) is 9.01. The number of hydrogen-bond acceptors (Lipinski definition) is 5. The second-order valence-electron chi connectivity index (χ2n) is 5.70. The van der Waals surface area contributed by atoms with Gasteiger partial charge >= 0.3 is 0 Å². The molecule has 24 heavy (non-hydrogen) atoms. The largest absolute Gasteiger partial charge is 0.397 e. The summed E-state index contributed by atoms with van der Waals surface area (Å²) in [6, 6.07) is 7.40. The fourth-order valence-corrected chi connectivity index (χ4v) is 3.20. The number of fused-ring (bicyclic) bond motifs is 1. The summed E-state index contributed by atoms with van der Waals surface area (Å²) in [6.45, 7) is 0. The van der Waals surface area contributed by atoms with Crippen molar-refractivity contribution in [2.45, 2.75) is 4.90 Å². The molecule has 3 rings (SSSR count). The number of nitrogens with zero attached hydrogens (tertiary/aromatic N) is 3. The molecule has 6 nitrogen and oxygen atoms in total. The fraction of sp³-hybridized carbons (Fsp3) is 0.188. The highest BCUT2D eigenvalue weighted by Gasteiger charge is 2.16. The highest BCUT2D eigenvalue weighted by Crippen LogP contribution is 2.32. The summed E-state index contributed by atoms with van der Waals surface area (Å²) in [7, 11) is 0.0811. The molecule has 3 aromatic rings. The quantitative estimate of drug-likeness (QED) is 0.736. The first kappa shape index (κ1) is 16.3. The third-order valence-corrected chi connectivity index (χ3v) is 5.05. The number of anilines is 3. The van der Waals surface area contributed by atoms with Gasteiger partial charge in [0, 0.05) is 26.0 Å². The average Bonchev–Trinajstić information content (AvgIpc) is 2.87. The molecule has 0 aliphatic carbocycles. The van der Waals surface area contributed by atoms with E-state index in [4.69, 9.17) is 5.73 Å². The van der Waals surface area contributed by atoms with Gasteiger partial charge in [-0.05, 0) is 30.3 Å². The van der Waals surface area contributed by atoms with Gasteiger partial charge in [0.25, 0.3) is 0 Å². The Kier molecular flexibility index (Phi) is 3.71. The molecule has 126 valence electrons. The predicted molar refractivity (Wildman–Crippen MR) is 92.7 cm³/mol. The first-order valence-electron chi connectivity index (χ1n) is 7.12. The third kappa shape index (κ3) is 2.69. The van der Waals surface area contributed by atoms with Crippen molar-refractivity contribution in [3.05, 3.63) is 42.5 Å². The molecule has 1 heterocycles. The van der Waals surface area contributed by atoms with Crippen LogP contribution in [0.15, 0.2) is 41.6 Å². The zero-order valence-corrected chi connectivity index (χ0v) is 14.3. The minimum Gasteiger partial charge on any atom is -0.397 e. The summed E-state index contributed by atoms with van der Waals surface area (Å²) in [6.07, 6.45) is 2.70. The topological polar surface area (TPSA) is 81.2 Å².